The van der Waals surface area contributed by atoms with Crippen molar-refractivity contribution in [3.63, 3.8) is 0 Å². The molecule has 1 aromatic heterocycles. The van der Waals surface area contributed by atoms with Gasteiger partial charge in [0.1, 0.15) is 5.82 Å². The van der Waals surface area contributed by atoms with Crippen LogP contribution < -0.4 is 16.4 Å². The predicted octanol–water partition coefficient (Wildman–Crippen LogP) is 0.704. The first-order valence-corrected chi connectivity index (χ1v) is 5.51. The van der Waals surface area contributed by atoms with Gasteiger partial charge in [-0.1, -0.05) is 0 Å². The SMILES string of the molecule is NCc1ccnc(NC2CCCNC2)c1. The van der Waals surface area contributed by atoms with E-state index in [1.54, 1.807) is 6.20 Å². The molecule has 15 heavy (non-hydrogen) atoms. The normalized spacial score (nSPS) is 21.3. The van der Waals surface area contributed by atoms with Crippen molar-refractivity contribution in [3.05, 3.63) is 23.9 Å². The van der Waals surface area contributed by atoms with E-state index >= 15 is 0 Å². The van der Waals surface area contributed by atoms with E-state index in [4.69, 9.17) is 5.73 Å². The predicted molar refractivity (Wildman–Crippen MR) is 61.6 cm³/mol. The number of nitrogens with zero attached hydrogens (tertiary/aromatic N) is 1. The number of piperidine rings is 1. The molecule has 4 heteroatoms. The number of hydrogen-bond acceptors (Lipinski definition) is 4. The molecule has 0 radical (unpaired) electrons. The molecule has 1 fully saturated rings. The van der Waals surface area contributed by atoms with Crippen molar-refractivity contribution in [2.24, 2.45) is 5.73 Å². The van der Waals surface area contributed by atoms with Crippen molar-refractivity contribution >= 4 is 5.82 Å². The highest BCUT2D eigenvalue weighted by atomic mass is 15.1. The summed E-state index contributed by atoms with van der Waals surface area (Å²) >= 11 is 0. The van der Waals surface area contributed by atoms with E-state index in [-0.39, 0.29) is 0 Å². The van der Waals surface area contributed by atoms with Crippen LogP contribution in [-0.2, 0) is 6.54 Å². The molecule has 82 valence electrons. The van der Waals surface area contributed by atoms with E-state index in [2.05, 4.69) is 15.6 Å². The van der Waals surface area contributed by atoms with Crippen molar-refractivity contribution in [2.75, 3.05) is 18.4 Å². The second kappa shape index (κ2) is 5.09. The fourth-order valence-corrected chi connectivity index (χ4v) is 1.86. The fourth-order valence-electron chi connectivity index (χ4n) is 1.86. The Hall–Kier alpha value is -1.13. The topological polar surface area (TPSA) is 63.0 Å². The minimum absolute atomic E-state index is 0.499. The summed E-state index contributed by atoms with van der Waals surface area (Å²) in [5, 5.41) is 6.80. The zero-order chi connectivity index (χ0) is 10.5. The molecule has 1 aliphatic rings. The maximum absolute atomic E-state index is 5.58. The lowest BCUT2D eigenvalue weighted by Gasteiger charge is -2.24. The van der Waals surface area contributed by atoms with Gasteiger partial charge in [-0.3, -0.25) is 0 Å². The Balaban J connectivity index is 1.96. The summed E-state index contributed by atoms with van der Waals surface area (Å²) in [6, 6.07) is 4.47. The zero-order valence-corrected chi connectivity index (χ0v) is 8.87. The van der Waals surface area contributed by atoms with Crippen molar-refractivity contribution in [2.45, 2.75) is 25.4 Å². The number of nitrogens with two attached hydrogens (primary N) is 1. The summed E-state index contributed by atoms with van der Waals surface area (Å²) in [6.45, 7) is 2.73. The Morgan fingerprint density at radius 3 is 3.27 bits per heavy atom. The number of hydrogen-bond donors (Lipinski definition) is 3. The van der Waals surface area contributed by atoms with E-state index in [1.807, 2.05) is 12.1 Å². The highest BCUT2D eigenvalue weighted by molar-refractivity contribution is 5.38. The van der Waals surface area contributed by atoms with Crippen LogP contribution in [0.4, 0.5) is 5.82 Å². The summed E-state index contributed by atoms with van der Waals surface area (Å²) in [5.74, 6) is 0.937. The van der Waals surface area contributed by atoms with Crippen LogP contribution in [0.2, 0.25) is 0 Å². The summed E-state index contributed by atoms with van der Waals surface area (Å²) < 4.78 is 0. The van der Waals surface area contributed by atoms with Crippen molar-refractivity contribution in [3.8, 4) is 0 Å². The number of nitrogens with one attached hydrogen (secondary N) is 2. The molecule has 1 aromatic rings. The van der Waals surface area contributed by atoms with E-state index in [0.717, 1.165) is 24.5 Å². The second-order valence-electron chi connectivity index (χ2n) is 3.94. The molecule has 0 aliphatic carbocycles. The maximum atomic E-state index is 5.58. The first-order valence-electron chi connectivity index (χ1n) is 5.51. The van der Waals surface area contributed by atoms with Crippen molar-refractivity contribution in [1.82, 2.24) is 10.3 Å². The van der Waals surface area contributed by atoms with Gasteiger partial charge in [0.05, 0.1) is 0 Å². The molecule has 2 rings (SSSR count). The Kier molecular flexibility index (Phi) is 3.53. The highest BCUT2D eigenvalue weighted by Gasteiger charge is 2.12. The zero-order valence-electron chi connectivity index (χ0n) is 8.87. The number of rotatable bonds is 3. The highest BCUT2D eigenvalue weighted by Crippen LogP contribution is 2.11. The van der Waals surface area contributed by atoms with E-state index in [0.29, 0.717) is 12.6 Å². The number of anilines is 1. The third-order valence-corrected chi connectivity index (χ3v) is 2.71. The van der Waals surface area contributed by atoms with Gasteiger partial charge in [-0.25, -0.2) is 4.98 Å². The molecule has 1 saturated heterocycles. The third kappa shape index (κ3) is 2.91. The molecule has 0 bridgehead atoms. The van der Waals surface area contributed by atoms with Crippen LogP contribution >= 0.6 is 0 Å². The Morgan fingerprint density at radius 1 is 1.60 bits per heavy atom. The summed E-state index contributed by atoms with van der Waals surface area (Å²) in [5.41, 5.74) is 6.71. The molecule has 1 unspecified atom stereocenters. The van der Waals surface area contributed by atoms with Crippen LogP contribution in [0.1, 0.15) is 18.4 Å². The monoisotopic (exact) mass is 206 g/mol. The van der Waals surface area contributed by atoms with Crippen LogP contribution in [0.3, 0.4) is 0 Å². The summed E-state index contributed by atoms with van der Waals surface area (Å²) in [4.78, 5) is 4.29. The fraction of sp³-hybridized carbons (Fsp3) is 0.545. The van der Waals surface area contributed by atoms with E-state index in [1.165, 1.54) is 12.8 Å². The van der Waals surface area contributed by atoms with Gasteiger partial charge >= 0.3 is 0 Å². The van der Waals surface area contributed by atoms with Crippen molar-refractivity contribution in [1.29, 1.82) is 0 Å². The first kappa shape index (κ1) is 10.4. The van der Waals surface area contributed by atoms with Gasteiger partial charge in [0, 0.05) is 25.3 Å². The van der Waals surface area contributed by atoms with Gasteiger partial charge in [0.2, 0.25) is 0 Å². The molecule has 4 nitrogen and oxygen atoms in total. The van der Waals surface area contributed by atoms with Gasteiger partial charge in [-0.2, -0.15) is 0 Å². The Morgan fingerprint density at radius 2 is 2.53 bits per heavy atom. The molecule has 4 N–H and O–H groups in total. The quantitative estimate of drug-likeness (QED) is 0.681. The third-order valence-electron chi connectivity index (χ3n) is 2.71. The standard InChI is InChI=1S/C11H18N4/c12-7-9-3-5-14-11(6-9)15-10-2-1-4-13-8-10/h3,5-6,10,13H,1-2,4,7-8,12H2,(H,14,15). The van der Waals surface area contributed by atoms with E-state index < -0.39 is 0 Å². The lowest BCUT2D eigenvalue weighted by Crippen LogP contribution is -2.38. The molecule has 0 aromatic carbocycles. The number of pyridine rings is 1. The molecule has 2 heterocycles. The van der Waals surface area contributed by atoms with Crippen LogP contribution in [-0.4, -0.2) is 24.1 Å². The smallest absolute Gasteiger partial charge is 0.126 e. The molecule has 0 amide bonds. The van der Waals surface area contributed by atoms with Crippen LogP contribution in [0, 0.1) is 0 Å². The molecule has 0 spiro atoms. The number of aromatic nitrogens is 1. The van der Waals surface area contributed by atoms with Gasteiger partial charge in [-0.15, -0.1) is 0 Å². The molecule has 1 aliphatic heterocycles. The average molecular weight is 206 g/mol. The average Bonchev–Trinajstić information content (AvgIpc) is 2.31. The van der Waals surface area contributed by atoms with Gasteiger partial charge in [0.25, 0.3) is 0 Å². The summed E-state index contributed by atoms with van der Waals surface area (Å²) in [6.07, 6.45) is 4.25. The van der Waals surface area contributed by atoms with Gasteiger partial charge in [-0.05, 0) is 37.1 Å². The van der Waals surface area contributed by atoms with Crippen molar-refractivity contribution < 1.29 is 0 Å². The molecular formula is C11H18N4. The maximum Gasteiger partial charge on any atom is 0.126 e. The molecule has 1 atom stereocenters. The Bertz CT molecular complexity index is 307. The lowest BCUT2D eigenvalue weighted by atomic mass is 10.1. The second-order valence-corrected chi connectivity index (χ2v) is 3.94. The minimum Gasteiger partial charge on any atom is -0.366 e. The minimum atomic E-state index is 0.499. The van der Waals surface area contributed by atoms with Gasteiger partial charge in [0.15, 0.2) is 0 Å². The lowest BCUT2D eigenvalue weighted by molar-refractivity contribution is 0.479. The summed E-state index contributed by atoms with van der Waals surface area (Å²) in [7, 11) is 0. The van der Waals surface area contributed by atoms with Crippen LogP contribution in [0.25, 0.3) is 0 Å². The van der Waals surface area contributed by atoms with Crippen LogP contribution in [0.15, 0.2) is 18.3 Å². The Labute approximate surface area is 90.3 Å². The largest absolute Gasteiger partial charge is 0.366 e. The van der Waals surface area contributed by atoms with Gasteiger partial charge < -0.3 is 16.4 Å². The van der Waals surface area contributed by atoms with Crippen LogP contribution in [0.5, 0.6) is 0 Å². The van der Waals surface area contributed by atoms with E-state index in [9.17, 15) is 0 Å². The molecular weight excluding hydrogens is 188 g/mol. The first-order chi connectivity index (χ1) is 7.38. The molecule has 0 saturated carbocycles.